The van der Waals surface area contributed by atoms with Crippen LogP contribution in [0.25, 0.3) is 11.3 Å². The number of ether oxygens (including phenoxy) is 2. The second kappa shape index (κ2) is 5.54. The smallest absolute Gasteiger partial charge is 0.208 e. The van der Waals surface area contributed by atoms with E-state index in [9.17, 15) is 0 Å². The van der Waals surface area contributed by atoms with Gasteiger partial charge in [0, 0.05) is 6.04 Å². The van der Waals surface area contributed by atoms with Gasteiger partial charge in [-0.2, -0.15) is 0 Å². The molecule has 0 saturated heterocycles. The topological polar surface area (TPSA) is 56.5 Å². The Bertz CT molecular complexity index is 593. The minimum absolute atomic E-state index is 0.395. The van der Waals surface area contributed by atoms with Crippen molar-refractivity contribution in [3.8, 4) is 22.8 Å². The van der Waals surface area contributed by atoms with Crippen LogP contribution in [0.2, 0.25) is 0 Å². The summed E-state index contributed by atoms with van der Waals surface area (Å²) >= 11 is 0. The molecule has 106 valence electrons. The van der Waals surface area contributed by atoms with Crippen LogP contribution in [0.1, 0.15) is 19.7 Å². The molecular formula is C15H18N2O3. The molecule has 2 heterocycles. The van der Waals surface area contributed by atoms with Gasteiger partial charge in [-0.15, -0.1) is 0 Å². The van der Waals surface area contributed by atoms with Crippen LogP contribution < -0.4 is 14.8 Å². The molecule has 0 unspecified atom stereocenters. The molecule has 20 heavy (non-hydrogen) atoms. The summed E-state index contributed by atoms with van der Waals surface area (Å²) in [6.07, 6.45) is 1.73. The number of nitrogens with zero attached hydrogens (tertiary/aromatic N) is 1. The number of para-hydroxylation sites is 1. The summed E-state index contributed by atoms with van der Waals surface area (Å²) in [5.41, 5.74) is 0.880. The molecule has 0 fully saturated rings. The minimum Gasteiger partial charge on any atom is -0.486 e. The average Bonchev–Trinajstić information content (AvgIpc) is 2.93. The molecule has 0 atom stereocenters. The molecule has 1 aliphatic heterocycles. The Hall–Kier alpha value is -2.01. The van der Waals surface area contributed by atoms with E-state index < -0.39 is 0 Å². The number of fused-ring (bicyclic) bond motifs is 1. The van der Waals surface area contributed by atoms with Crippen molar-refractivity contribution in [3.05, 3.63) is 30.3 Å². The van der Waals surface area contributed by atoms with Gasteiger partial charge >= 0.3 is 0 Å². The average molecular weight is 274 g/mol. The molecule has 1 N–H and O–H groups in total. The summed E-state index contributed by atoms with van der Waals surface area (Å²) in [5, 5.41) is 3.28. The minimum atomic E-state index is 0.395. The van der Waals surface area contributed by atoms with E-state index in [0.29, 0.717) is 37.5 Å². The summed E-state index contributed by atoms with van der Waals surface area (Å²) in [6.45, 7) is 5.92. The molecule has 5 heteroatoms. The maximum atomic E-state index is 5.78. The second-order valence-electron chi connectivity index (χ2n) is 4.98. The molecule has 5 nitrogen and oxygen atoms in total. The highest BCUT2D eigenvalue weighted by atomic mass is 16.6. The Kier molecular flexibility index (Phi) is 3.60. The number of oxazole rings is 1. The number of nitrogens with one attached hydrogen (secondary N) is 1. The highest BCUT2D eigenvalue weighted by Crippen LogP contribution is 2.39. The maximum Gasteiger partial charge on any atom is 0.208 e. The lowest BCUT2D eigenvalue weighted by Crippen LogP contribution is -2.21. The first-order valence-corrected chi connectivity index (χ1v) is 6.81. The molecule has 0 radical (unpaired) electrons. The van der Waals surface area contributed by atoms with Crippen molar-refractivity contribution in [2.24, 2.45) is 0 Å². The second-order valence-corrected chi connectivity index (χ2v) is 4.98. The molecule has 1 aromatic carbocycles. The quantitative estimate of drug-likeness (QED) is 0.928. The van der Waals surface area contributed by atoms with Crippen LogP contribution >= 0.6 is 0 Å². The zero-order chi connectivity index (χ0) is 13.9. The molecule has 1 aromatic heterocycles. The first kappa shape index (κ1) is 13.0. The Morgan fingerprint density at radius 1 is 1.25 bits per heavy atom. The van der Waals surface area contributed by atoms with E-state index in [4.69, 9.17) is 13.9 Å². The van der Waals surface area contributed by atoms with Crippen LogP contribution in [-0.2, 0) is 6.54 Å². The van der Waals surface area contributed by atoms with Gasteiger partial charge in [0.25, 0.3) is 0 Å². The molecule has 0 aliphatic carbocycles. The lowest BCUT2D eigenvalue weighted by atomic mass is 10.1. The van der Waals surface area contributed by atoms with Crippen LogP contribution in [0.4, 0.5) is 0 Å². The van der Waals surface area contributed by atoms with Crippen LogP contribution in [0, 0.1) is 0 Å². The summed E-state index contributed by atoms with van der Waals surface area (Å²) in [6, 6.07) is 6.17. The third-order valence-electron chi connectivity index (χ3n) is 3.05. The van der Waals surface area contributed by atoms with E-state index in [0.717, 1.165) is 17.1 Å². The van der Waals surface area contributed by atoms with Gasteiger partial charge in [0.15, 0.2) is 17.3 Å². The molecule has 0 bridgehead atoms. The fourth-order valence-electron chi connectivity index (χ4n) is 2.08. The maximum absolute atomic E-state index is 5.78. The number of hydrogen-bond acceptors (Lipinski definition) is 5. The van der Waals surface area contributed by atoms with E-state index >= 15 is 0 Å². The van der Waals surface area contributed by atoms with Gasteiger partial charge in [-0.05, 0) is 12.1 Å². The summed E-state index contributed by atoms with van der Waals surface area (Å²) in [7, 11) is 0. The Labute approximate surface area is 117 Å². The van der Waals surface area contributed by atoms with E-state index in [1.54, 1.807) is 6.20 Å². The number of rotatable bonds is 4. The van der Waals surface area contributed by atoms with Gasteiger partial charge in [-0.1, -0.05) is 19.9 Å². The van der Waals surface area contributed by atoms with Crippen LogP contribution in [0.15, 0.2) is 28.8 Å². The van der Waals surface area contributed by atoms with Crippen LogP contribution in [0.3, 0.4) is 0 Å². The fourth-order valence-corrected chi connectivity index (χ4v) is 2.08. The van der Waals surface area contributed by atoms with Crippen molar-refractivity contribution in [1.29, 1.82) is 0 Å². The monoisotopic (exact) mass is 274 g/mol. The standard InChI is InChI=1S/C15H18N2O3/c1-10(2)16-9-14-17-8-13(20-14)11-4-3-5-12-15(11)19-7-6-18-12/h3-5,8,10,16H,6-7,9H2,1-2H3. The molecule has 0 amide bonds. The Morgan fingerprint density at radius 2 is 2.10 bits per heavy atom. The molecule has 1 aliphatic rings. The molecule has 0 spiro atoms. The van der Waals surface area contributed by atoms with Gasteiger partial charge in [-0.25, -0.2) is 4.98 Å². The third-order valence-corrected chi connectivity index (χ3v) is 3.05. The highest BCUT2D eigenvalue weighted by Gasteiger charge is 2.19. The largest absolute Gasteiger partial charge is 0.486 e. The SMILES string of the molecule is CC(C)NCc1ncc(-c2cccc3c2OCCO3)o1. The van der Waals surface area contributed by atoms with Crippen LogP contribution in [0.5, 0.6) is 11.5 Å². The number of hydrogen-bond donors (Lipinski definition) is 1. The van der Waals surface area contributed by atoms with Crippen molar-refractivity contribution >= 4 is 0 Å². The predicted molar refractivity (Wildman–Crippen MR) is 74.9 cm³/mol. The van der Waals surface area contributed by atoms with Crippen molar-refractivity contribution in [2.45, 2.75) is 26.4 Å². The van der Waals surface area contributed by atoms with E-state index in [1.807, 2.05) is 18.2 Å². The van der Waals surface area contributed by atoms with Crippen molar-refractivity contribution in [2.75, 3.05) is 13.2 Å². The Balaban J connectivity index is 1.86. The molecule has 3 rings (SSSR count). The normalized spacial score (nSPS) is 13.8. The van der Waals surface area contributed by atoms with Gasteiger partial charge in [-0.3, -0.25) is 0 Å². The van der Waals surface area contributed by atoms with Gasteiger partial charge < -0.3 is 19.2 Å². The summed E-state index contributed by atoms with van der Waals surface area (Å²) in [4.78, 5) is 4.29. The zero-order valence-corrected chi connectivity index (χ0v) is 11.7. The van der Waals surface area contributed by atoms with E-state index in [-0.39, 0.29) is 0 Å². The molecule has 0 saturated carbocycles. The molecular weight excluding hydrogens is 256 g/mol. The van der Waals surface area contributed by atoms with Gasteiger partial charge in [0.1, 0.15) is 13.2 Å². The number of benzene rings is 1. The highest BCUT2D eigenvalue weighted by molar-refractivity contribution is 5.69. The van der Waals surface area contributed by atoms with Crippen molar-refractivity contribution < 1.29 is 13.9 Å². The summed E-state index contributed by atoms with van der Waals surface area (Å²) < 4.78 is 17.0. The van der Waals surface area contributed by atoms with Crippen molar-refractivity contribution in [3.63, 3.8) is 0 Å². The predicted octanol–water partition coefficient (Wildman–Crippen LogP) is 2.61. The zero-order valence-electron chi connectivity index (χ0n) is 11.7. The fraction of sp³-hybridized carbons (Fsp3) is 0.400. The Morgan fingerprint density at radius 3 is 2.95 bits per heavy atom. The van der Waals surface area contributed by atoms with Crippen LogP contribution in [-0.4, -0.2) is 24.2 Å². The van der Waals surface area contributed by atoms with E-state index in [2.05, 4.69) is 24.1 Å². The lowest BCUT2D eigenvalue weighted by molar-refractivity contribution is 0.172. The van der Waals surface area contributed by atoms with Crippen molar-refractivity contribution in [1.82, 2.24) is 10.3 Å². The van der Waals surface area contributed by atoms with E-state index in [1.165, 1.54) is 0 Å². The van der Waals surface area contributed by atoms with Gasteiger partial charge in [0.2, 0.25) is 5.89 Å². The first-order chi connectivity index (χ1) is 9.74. The lowest BCUT2D eigenvalue weighted by Gasteiger charge is -2.19. The summed E-state index contributed by atoms with van der Waals surface area (Å²) in [5.74, 6) is 2.86. The molecule has 2 aromatic rings. The van der Waals surface area contributed by atoms with Gasteiger partial charge in [0.05, 0.1) is 18.3 Å². The first-order valence-electron chi connectivity index (χ1n) is 6.81. The number of aromatic nitrogens is 1. The third kappa shape index (κ3) is 2.63.